The van der Waals surface area contributed by atoms with E-state index in [0.717, 1.165) is 12.8 Å². The molecule has 0 spiro atoms. The van der Waals surface area contributed by atoms with E-state index in [9.17, 15) is 4.79 Å². The number of carbonyl (C=O) groups excluding carboxylic acids is 1. The first-order valence-electron chi connectivity index (χ1n) is 10.1. The second-order valence-electron chi connectivity index (χ2n) is 7.29. The summed E-state index contributed by atoms with van der Waals surface area (Å²) in [5.74, 6) is 0.688. The summed E-state index contributed by atoms with van der Waals surface area (Å²) in [6, 6.07) is 7.25. The Morgan fingerprint density at radius 2 is 1.46 bits per heavy atom. The SMILES string of the molecule is CC(NC(=O)NC1CCCCCCCCCCC1)Oc1ccc(Cl)cc1. The molecule has 2 N–H and O–H groups in total. The lowest BCUT2D eigenvalue weighted by Gasteiger charge is -2.22. The molecular weight excluding hydrogens is 348 g/mol. The van der Waals surface area contributed by atoms with Gasteiger partial charge in [-0.05, 0) is 44.0 Å². The first-order chi connectivity index (χ1) is 12.6. The average Bonchev–Trinajstić information content (AvgIpc) is 2.59. The van der Waals surface area contributed by atoms with Gasteiger partial charge in [-0.1, -0.05) is 69.4 Å². The molecule has 1 saturated carbocycles. The van der Waals surface area contributed by atoms with Crippen LogP contribution in [0, 0.1) is 0 Å². The van der Waals surface area contributed by atoms with Gasteiger partial charge in [0, 0.05) is 11.1 Å². The van der Waals surface area contributed by atoms with Crippen molar-refractivity contribution < 1.29 is 9.53 Å². The van der Waals surface area contributed by atoms with E-state index in [1.165, 1.54) is 57.8 Å². The van der Waals surface area contributed by atoms with E-state index in [2.05, 4.69) is 10.6 Å². The lowest BCUT2D eigenvalue weighted by molar-refractivity contribution is 0.174. The summed E-state index contributed by atoms with van der Waals surface area (Å²) in [5, 5.41) is 6.68. The molecular formula is C21H33ClN2O2. The monoisotopic (exact) mass is 380 g/mol. The molecule has 4 nitrogen and oxygen atoms in total. The molecule has 26 heavy (non-hydrogen) atoms. The summed E-state index contributed by atoms with van der Waals surface area (Å²) in [5.41, 5.74) is 0. The predicted octanol–water partition coefficient (Wildman–Crippen LogP) is 6.04. The molecule has 0 bridgehead atoms. The molecule has 1 aromatic rings. The number of benzene rings is 1. The Hall–Kier alpha value is -1.42. The molecule has 0 heterocycles. The highest BCUT2D eigenvalue weighted by atomic mass is 35.5. The lowest BCUT2D eigenvalue weighted by Crippen LogP contribution is -2.47. The van der Waals surface area contributed by atoms with Gasteiger partial charge in [0.2, 0.25) is 0 Å². The molecule has 5 heteroatoms. The van der Waals surface area contributed by atoms with Gasteiger partial charge in [0.15, 0.2) is 6.23 Å². The molecule has 1 atom stereocenters. The van der Waals surface area contributed by atoms with Gasteiger partial charge in [-0.25, -0.2) is 4.79 Å². The maximum absolute atomic E-state index is 12.3. The molecule has 1 fully saturated rings. The molecule has 0 saturated heterocycles. The fourth-order valence-corrected chi connectivity index (χ4v) is 3.59. The molecule has 2 amide bonds. The van der Waals surface area contributed by atoms with E-state index in [1.54, 1.807) is 24.3 Å². The number of hydrogen-bond acceptors (Lipinski definition) is 2. The Morgan fingerprint density at radius 3 is 2.00 bits per heavy atom. The van der Waals surface area contributed by atoms with Crippen LogP contribution < -0.4 is 15.4 Å². The van der Waals surface area contributed by atoms with Crippen LogP contribution in [0.3, 0.4) is 0 Å². The van der Waals surface area contributed by atoms with Crippen LogP contribution in [0.2, 0.25) is 5.02 Å². The maximum Gasteiger partial charge on any atom is 0.317 e. The van der Waals surface area contributed by atoms with Crippen molar-refractivity contribution in [1.29, 1.82) is 0 Å². The van der Waals surface area contributed by atoms with Crippen LogP contribution in [0.4, 0.5) is 4.79 Å². The minimum Gasteiger partial charge on any atom is -0.471 e. The van der Waals surface area contributed by atoms with Crippen molar-refractivity contribution in [3.63, 3.8) is 0 Å². The minimum absolute atomic E-state index is 0.149. The zero-order valence-corrected chi connectivity index (χ0v) is 16.7. The molecule has 1 aliphatic carbocycles. The van der Waals surface area contributed by atoms with Crippen molar-refractivity contribution >= 4 is 17.6 Å². The Kier molecular flexibility index (Phi) is 9.68. The summed E-state index contributed by atoms with van der Waals surface area (Å²) in [6.45, 7) is 1.83. The average molecular weight is 381 g/mol. The van der Waals surface area contributed by atoms with E-state index in [1.807, 2.05) is 6.92 Å². The van der Waals surface area contributed by atoms with Gasteiger partial charge >= 0.3 is 6.03 Å². The number of ether oxygens (including phenoxy) is 1. The van der Waals surface area contributed by atoms with Gasteiger partial charge < -0.3 is 15.4 Å². The number of hydrogen-bond donors (Lipinski definition) is 2. The Bertz CT molecular complexity index is 509. The van der Waals surface area contributed by atoms with Gasteiger partial charge in [-0.3, -0.25) is 0 Å². The quantitative estimate of drug-likeness (QED) is 0.626. The van der Waals surface area contributed by atoms with E-state index in [-0.39, 0.29) is 12.1 Å². The number of carbonyl (C=O) groups is 1. The second kappa shape index (κ2) is 12.1. The standard InChI is InChI=1S/C21H33ClN2O2/c1-17(26-20-15-13-18(22)14-16-20)23-21(25)24-19-11-9-7-5-3-2-4-6-8-10-12-19/h13-17,19H,2-12H2,1H3,(H2,23,24,25). The van der Waals surface area contributed by atoms with Gasteiger partial charge in [0.25, 0.3) is 0 Å². The normalized spacial score (nSPS) is 18.8. The van der Waals surface area contributed by atoms with Crippen LogP contribution in [0.25, 0.3) is 0 Å². The van der Waals surface area contributed by atoms with Crippen molar-refractivity contribution in [2.45, 2.75) is 89.8 Å². The fraction of sp³-hybridized carbons (Fsp3) is 0.667. The predicted molar refractivity (Wildman–Crippen MR) is 108 cm³/mol. The van der Waals surface area contributed by atoms with Gasteiger partial charge in [-0.15, -0.1) is 0 Å². The first kappa shape index (κ1) is 20.9. The van der Waals surface area contributed by atoms with Gasteiger partial charge in [0.05, 0.1) is 0 Å². The van der Waals surface area contributed by atoms with Gasteiger partial charge in [-0.2, -0.15) is 0 Å². The summed E-state index contributed by atoms with van der Waals surface area (Å²) in [4.78, 5) is 12.3. The summed E-state index contributed by atoms with van der Waals surface area (Å²) in [6.07, 6.45) is 13.4. The van der Waals surface area contributed by atoms with E-state index >= 15 is 0 Å². The van der Waals surface area contributed by atoms with Crippen molar-refractivity contribution in [1.82, 2.24) is 10.6 Å². The highest BCUT2D eigenvalue weighted by Gasteiger charge is 2.15. The topological polar surface area (TPSA) is 50.4 Å². The van der Waals surface area contributed by atoms with Crippen molar-refractivity contribution in [2.24, 2.45) is 0 Å². The van der Waals surface area contributed by atoms with E-state index in [0.29, 0.717) is 10.8 Å². The third-order valence-corrected chi connectivity index (χ3v) is 5.15. The summed E-state index contributed by atoms with van der Waals surface area (Å²) < 4.78 is 5.71. The highest BCUT2D eigenvalue weighted by molar-refractivity contribution is 6.30. The number of amides is 2. The molecule has 0 aliphatic heterocycles. The highest BCUT2D eigenvalue weighted by Crippen LogP contribution is 2.18. The lowest BCUT2D eigenvalue weighted by atomic mass is 9.98. The zero-order valence-electron chi connectivity index (χ0n) is 15.9. The minimum atomic E-state index is -0.401. The molecule has 1 aliphatic rings. The van der Waals surface area contributed by atoms with E-state index in [4.69, 9.17) is 16.3 Å². The van der Waals surface area contributed by atoms with E-state index < -0.39 is 6.23 Å². The number of urea groups is 1. The Balaban J connectivity index is 1.74. The molecule has 0 aromatic heterocycles. The van der Waals surface area contributed by atoms with Crippen LogP contribution in [-0.2, 0) is 0 Å². The summed E-state index contributed by atoms with van der Waals surface area (Å²) >= 11 is 5.87. The van der Waals surface area contributed by atoms with Gasteiger partial charge in [0.1, 0.15) is 5.75 Å². The largest absolute Gasteiger partial charge is 0.471 e. The summed E-state index contributed by atoms with van der Waals surface area (Å²) in [7, 11) is 0. The first-order valence-corrected chi connectivity index (χ1v) is 10.5. The molecule has 2 rings (SSSR count). The second-order valence-corrected chi connectivity index (χ2v) is 7.72. The van der Waals surface area contributed by atoms with Crippen LogP contribution in [0.5, 0.6) is 5.75 Å². The van der Waals surface area contributed by atoms with Crippen LogP contribution in [0.1, 0.15) is 77.6 Å². The number of nitrogens with one attached hydrogen (secondary N) is 2. The van der Waals surface area contributed by atoms with Crippen molar-refractivity contribution in [3.05, 3.63) is 29.3 Å². The third-order valence-electron chi connectivity index (χ3n) is 4.90. The molecule has 146 valence electrons. The molecule has 1 aromatic carbocycles. The van der Waals surface area contributed by atoms with Crippen LogP contribution in [-0.4, -0.2) is 18.3 Å². The number of halogens is 1. The fourth-order valence-electron chi connectivity index (χ4n) is 3.47. The Labute approximate surface area is 163 Å². The smallest absolute Gasteiger partial charge is 0.317 e. The zero-order chi connectivity index (χ0) is 18.6. The molecule has 1 unspecified atom stereocenters. The maximum atomic E-state index is 12.3. The third kappa shape index (κ3) is 8.79. The van der Waals surface area contributed by atoms with Crippen molar-refractivity contribution in [3.8, 4) is 5.75 Å². The number of rotatable bonds is 4. The van der Waals surface area contributed by atoms with Crippen LogP contribution >= 0.6 is 11.6 Å². The van der Waals surface area contributed by atoms with Crippen molar-refractivity contribution in [2.75, 3.05) is 0 Å². The molecule has 0 radical (unpaired) electrons. The van der Waals surface area contributed by atoms with Crippen LogP contribution in [0.15, 0.2) is 24.3 Å². The Morgan fingerprint density at radius 1 is 0.962 bits per heavy atom.